The largest absolute Gasteiger partial charge is 0.365 e. The topological polar surface area (TPSA) is 54.0 Å². The number of fused-ring (bicyclic) bond motifs is 1. The highest BCUT2D eigenvalue weighted by Gasteiger charge is 2.30. The Morgan fingerprint density at radius 2 is 2.35 bits per heavy atom. The summed E-state index contributed by atoms with van der Waals surface area (Å²) in [7, 11) is 1.79. The van der Waals surface area contributed by atoms with E-state index >= 15 is 0 Å². The third-order valence-corrected chi connectivity index (χ3v) is 4.97. The van der Waals surface area contributed by atoms with Gasteiger partial charge in [-0.25, -0.2) is 9.37 Å². The number of aromatic nitrogens is 1. The van der Waals surface area contributed by atoms with Crippen molar-refractivity contribution in [3.63, 3.8) is 0 Å². The summed E-state index contributed by atoms with van der Waals surface area (Å²) in [5.74, 6) is 0.127. The molecule has 0 fully saturated rings. The zero-order valence-electron chi connectivity index (χ0n) is 10.5. The summed E-state index contributed by atoms with van der Waals surface area (Å²) in [4.78, 5) is 17.1. The van der Waals surface area contributed by atoms with E-state index in [2.05, 4.69) is 31.5 Å². The molecule has 3 rings (SSSR count). The van der Waals surface area contributed by atoms with Crippen LogP contribution < -0.4 is 10.6 Å². The first kappa shape index (κ1) is 13.5. The summed E-state index contributed by atoms with van der Waals surface area (Å²) in [6, 6.07) is 4.85. The summed E-state index contributed by atoms with van der Waals surface area (Å²) in [5.41, 5.74) is 0.903. The first-order valence-electron chi connectivity index (χ1n) is 6.01. The minimum Gasteiger partial charge on any atom is -0.365 e. The number of rotatable bonds is 2. The maximum absolute atomic E-state index is 13.4. The highest BCUT2D eigenvalue weighted by Crippen LogP contribution is 2.42. The molecule has 1 aliphatic rings. The summed E-state index contributed by atoms with van der Waals surface area (Å²) < 4.78 is 13.8. The molecule has 4 nitrogen and oxygen atoms in total. The Hall–Kier alpha value is -1.47. The van der Waals surface area contributed by atoms with E-state index in [4.69, 9.17) is 0 Å². The van der Waals surface area contributed by atoms with Gasteiger partial charge in [0.15, 0.2) is 5.13 Å². The number of carbonyl (C=O) groups excluding carboxylic acids is 1. The zero-order chi connectivity index (χ0) is 14.3. The van der Waals surface area contributed by atoms with Crippen molar-refractivity contribution < 1.29 is 9.18 Å². The number of benzene rings is 1. The molecule has 1 amide bonds. The van der Waals surface area contributed by atoms with E-state index in [-0.39, 0.29) is 17.6 Å². The van der Waals surface area contributed by atoms with Gasteiger partial charge in [-0.2, -0.15) is 0 Å². The number of hydrogen-bond acceptors (Lipinski definition) is 4. The summed E-state index contributed by atoms with van der Waals surface area (Å²) in [6.45, 7) is 0. The van der Waals surface area contributed by atoms with E-state index in [0.29, 0.717) is 16.7 Å². The fraction of sp³-hybridized carbons (Fsp3) is 0.231. The molecule has 0 saturated carbocycles. The zero-order valence-corrected chi connectivity index (χ0v) is 12.9. The van der Waals surface area contributed by atoms with Gasteiger partial charge < -0.3 is 10.6 Å². The molecule has 0 aliphatic carbocycles. The molecule has 20 heavy (non-hydrogen) atoms. The molecule has 1 aliphatic heterocycles. The number of carbonyl (C=O) groups is 1. The van der Waals surface area contributed by atoms with Gasteiger partial charge in [-0.3, -0.25) is 4.79 Å². The fourth-order valence-electron chi connectivity index (χ4n) is 2.22. The average molecular weight is 356 g/mol. The van der Waals surface area contributed by atoms with Crippen molar-refractivity contribution >= 4 is 44.1 Å². The van der Waals surface area contributed by atoms with Crippen molar-refractivity contribution in [3.05, 3.63) is 38.9 Å². The van der Waals surface area contributed by atoms with Crippen LogP contribution in [0, 0.1) is 5.82 Å². The Kier molecular flexibility index (Phi) is 3.47. The normalized spacial score (nSPS) is 17.6. The summed E-state index contributed by atoms with van der Waals surface area (Å²) in [5, 5.41) is 6.51. The van der Waals surface area contributed by atoms with Gasteiger partial charge in [-0.05, 0) is 33.6 Å². The number of halogens is 2. The van der Waals surface area contributed by atoms with Crippen LogP contribution in [0.1, 0.15) is 22.8 Å². The van der Waals surface area contributed by atoms with Crippen LogP contribution in [0.2, 0.25) is 0 Å². The van der Waals surface area contributed by atoms with Crippen molar-refractivity contribution in [2.24, 2.45) is 0 Å². The molecule has 104 valence electrons. The van der Waals surface area contributed by atoms with Gasteiger partial charge in [-0.15, -0.1) is 0 Å². The number of nitrogens with zero attached hydrogens (tertiary/aromatic N) is 1. The Morgan fingerprint density at radius 1 is 1.55 bits per heavy atom. The molecule has 0 saturated heterocycles. The average Bonchev–Trinajstić information content (AvgIpc) is 2.83. The van der Waals surface area contributed by atoms with Crippen LogP contribution in [0.5, 0.6) is 0 Å². The van der Waals surface area contributed by atoms with Gasteiger partial charge >= 0.3 is 0 Å². The van der Waals surface area contributed by atoms with Crippen LogP contribution in [0.15, 0.2) is 22.7 Å². The molecule has 0 spiro atoms. The lowest BCUT2D eigenvalue weighted by atomic mass is 9.91. The van der Waals surface area contributed by atoms with Gasteiger partial charge in [0.05, 0.1) is 9.35 Å². The van der Waals surface area contributed by atoms with Crippen molar-refractivity contribution in [1.82, 2.24) is 4.98 Å². The maximum Gasteiger partial charge on any atom is 0.226 e. The molecule has 0 bridgehead atoms. The first-order valence-corrected chi connectivity index (χ1v) is 7.62. The molecular weight excluding hydrogens is 345 g/mol. The lowest BCUT2D eigenvalue weighted by molar-refractivity contribution is -0.116. The molecular formula is C13H11BrFN3OS. The quantitative estimate of drug-likeness (QED) is 0.865. The van der Waals surface area contributed by atoms with E-state index in [1.165, 1.54) is 17.4 Å². The highest BCUT2D eigenvalue weighted by molar-refractivity contribution is 9.10. The van der Waals surface area contributed by atoms with Crippen LogP contribution in [0.25, 0.3) is 0 Å². The van der Waals surface area contributed by atoms with Gasteiger partial charge in [0.1, 0.15) is 11.6 Å². The minimum absolute atomic E-state index is 0.0732. The monoisotopic (exact) mass is 355 g/mol. The Morgan fingerprint density at radius 3 is 3.05 bits per heavy atom. The number of hydrogen-bond donors (Lipinski definition) is 2. The number of nitrogens with one attached hydrogen (secondary N) is 2. The van der Waals surface area contributed by atoms with E-state index < -0.39 is 0 Å². The SMILES string of the molecule is CNc1nc2c(s1)[C@H](c1ccc(F)c(Br)c1)CC(=O)N2. The van der Waals surface area contributed by atoms with Crippen LogP contribution in [0.3, 0.4) is 0 Å². The van der Waals surface area contributed by atoms with Crippen LogP contribution in [-0.4, -0.2) is 17.9 Å². The second-order valence-corrected chi connectivity index (χ2v) is 6.35. The van der Waals surface area contributed by atoms with Gasteiger partial charge in [0.2, 0.25) is 5.91 Å². The number of anilines is 2. The Labute approximate surface area is 127 Å². The second kappa shape index (κ2) is 5.14. The number of thiazole rings is 1. The summed E-state index contributed by atoms with van der Waals surface area (Å²) >= 11 is 4.69. The smallest absolute Gasteiger partial charge is 0.226 e. The van der Waals surface area contributed by atoms with Crippen LogP contribution in [-0.2, 0) is 4.79 Å². The molecule has 1 atom stereocenters. The van der Waals surface area contributed by atoms with Crippen molar-refractivity contribution in [1.29, 1.82) is 0 Å². The fourth-order valence-corrected chi connectivity index (χ4v) is 3.62. The van der Waals surface area contributed by atoms with E-state index in [1.807, 2.05) is 0 Å². The van der Waals surface area contributed by atoms with Crippen LogP contribution >= 0.6 is 27.3 Å². The standard InChI is InChI=1S/C13H11BrFN3OS/c1-16-13-18-12-11(20-13)7(5-10(19)17-12)6-2-3-9(15)8(14)4-6/h2-4,7H,5H2,1H3,(H,16,18)(H,17,19)/t7-/m0/s1. The van der Waals surface area contributed by atoms with Crippen LogP contribution in [0.4, 0.5) is 15.3 Å². The molecule has 0 radical (unpaired) electrons. The molecule has 1 aromatic carbocycles. The van der Waals surface area contributed by atoms with E-state index in [0.717, 1.165) is 15.6 Å². The lowest BCUT2D eigenvalue weighted by Gasteiger charge is -2.21. The predicted molar refractivity (Wildman–Crippen MR) is 80.9 cm³/mol. The molecule has 2 heterocycles. The van der Waals surface area contributed by atoms with E-state index in [9.17, 15) is 9.18 Å². The van der Waals surface area contributed by atoms with E-state index in [1.54, 1.807) is 19.2 Å². The minimum atomic E-state index is -0.311. The third kappa shape index (κ3) is 2.31. The first-order chi connectivity index (χ1) is 9.58. The Bertz CT molecular complexity index is 688. The second-order valence-electron chi connectivity index (χ2n) is 4.46. The molecule has 1 aromatic heterocycles. The van der Waals surface area contributed by atoms with Crippen molar-refractivity contribution in [2.75, 3.05) is 17.7 Å². The van der Waals surface area contributed by atoms with Gasteiger partial charge in [0, 0.05) is 19.4 Å². The van der Waals surface area contributed by atoms with Crippen molar-refractivity contribution in [2.45, 2.75) is 12.3 Å². The summed E-state index contributed by atoms with van der Waals surface area (Å²) in [6.07, 6.45) is 0.344. The lowest BCUT2D eigenvalue weighted by Crippen LogP contribution is -2.22. The molecule has 7 heteroatoms. The van der Waals surface area contributed by atoms with Crippen molar-refractivity contribution in [3.8, 4) is 0 Å². The maximum atomic E-state index is 13.4. The highest BCUT2D eigenvalue weighted by atomic mass is 79.9. The number of amides is 1. The van der Waals surface area contributed by atoms with Gasteiger partial charge in [-0.1, -0.05) is 17.4 Å². The Balaban J connectivity index is 2.07. The molecule has 2 aromatic rings. The molecule has 2 N–H and O–H groups in total. The third-order valence-electron chi connectivity index (χ3n) is 3.18. The van der Waals surface area contributed by atoms with Gasteiger partial charge in [0.25, 0.3) is 0 Å². The predicted octanol–water partition coefficient (Wildman–Crippen LogP) is 3.56. The molecule has 0 unspecified atom stereocenters.